The number of hydrogen-bond acceptors (Lipinski definition) is 3. The molecule has 3 nitrogen and oxygen atoms in total. The Bertz CT molecular complexity index is 760. The molecule has 0 unspecified atom stereocenters. The number of nitrogens with zero attached hydrogens (tertiary/aromatic N) is 1. The van der Waals surface area contributed by atoms with Gasteiger partial charge in [0.1, 0.15) is 11.5 Å². The van der Waals surface area contributed by atoms with Crippen molar-refractivity contribution in [1.82, 2.24) is 10.3 Å². The first-order valence-corrected chi connectivity index (χ1v) is 7.63. The molecule has 0 spiro atoms. The number of furan rings is 1. The largest absolute Gasteiger partial charge is 1.00 e. The molecule has 0 aliphatic rings. The van der Waals surface area contributed by atoms with Crippen LogP contribution in [0.1, 0.15) is 11.5 Å². The lowest BCUT2D eigenvalue weighted by molar-refractivity contribution is -0.00000489. The van der Waals surface area contributed by atoms with Crippen LogP contribution in [0.4, 0.5) is 0 Å². The van der Waals surface area contributed by atoms with Gasteiger partial charge in [-0.1, -0.05) is 29.3 Å². The zero-order chi connectivity index (χ0) is 15.4. The van der Waals surface area contributed by atoms with Crippen LogP contribution in [-0.4, -0.2) is 4.98 Å². The molecule has 0 radical (unpaired) electrons. The lowest BCUT2D eigenvalue weighted by Gasteiger charge is -2.03. The molecule has 0 saturated heterocycles. The molecular weight excluding hydrogens is 355 g/mol. The van der Waals surface area contributed by atoms with Crippen LogP contribution < -0.4 is 17.7 Å². The molecule has 0 aliphatic heterocycles. The highest BCUT2D eigenvalue weighted by Crippen LogP contribution is 2.31. The van der Waals surface area contributed by atoms with Crippen LogP contribution in [0.2, 0.25) is 10.0 Å². The molecule has 2 aromatic heterocycles. The maximum absolute atomic E-state index is 6.19. The normalized spacial score (nSPS) is 10.3. The van der Waals surface area contributed by atoms with Crippen molar-refractivity contribution in [3.8, 4) is 11.3 Å². The Balaban J connectivity index is 0.00000192. The van der Waals surface area contributed by atoms with Crippen molar-refractivity contribution >= 4 is 23.2 Å². The van der Waals surface area contributed by atoms with E-state index in [4.69, 9.17) is 27.6 Å². The van der Waals surface area contributed by atoms with E-state index in [1.54, 1.807) is 18.3 Å². The van der Waals surface area contributed by atoms with Crippen LogP contribution >= 0.6 is 23.2 Å². The number of nitrogens with one attached hydrogen (secondary N) is 1. The quantitative estimate of drug-likeness (QED) is 0.748. The number of halogens is 3. The van der Waals surface area contributed by atoms with Crippen molar-refractivity contribution in [3.05, 3.63) is 76.2 Å². The van der Waals surface area contributed by atoms with Gasteiger partial charge in [-0.2, -0.15) is 0 Å². The van der Waals surface area contributed by atoms with Gasteiger partial charge in [-0.25, -0.2) is 0 Å². The van der Waals surface area contributed by atoms with Crippen molar-refractivity contribution in [3.63, 3.8) is 0 Å². The van der Waals surface area contributed by atoms with Crippen LogP contribution in [0.25, 0.3) is 11.3 Å². The molecular formula is C17H14Cl3N2O-. The fraction of sp³-hybridized carbons (Fsp3) is 0.118. The predicted molar refractivity (Wildman–Crippen MR) is 88.9 cm³/mol. The highest BCUT2D eigenvalue weighted by atomic mass is 35.5. The average Bonchev–Trinajstić information content (AvgIpc) is 2.97. The van der Waals surface area contributed by atoms with Gasteiger partial charge in [0.25, 0.3) is 0 Å². The molecule has 0 amide bonds. The number of hydrogen-bond donors (Lipinski definition) is 1. The summed E-state index contributed by atoms with van der Waals surface area (Å²) in [7, 11) is 0. The topological polar surface area (TPSA) is 38.1 Å². The molecule has 0 saturated carbocycles. The molecule has 2 heterocycles. The van der Waals surface area contributed by atoms with Crippen molar-refractivity contribution in [2.45, 2.75) is 13.1 Å². The van der Waals surface area contributed by atoms with E-state index in [9.17, 15) is 0 Å². The van der Waals surface area contributed by atoms with Crippen LogP contribution in [0.5, 0.6) is 0 Å². The summed E-state index contributed by atoms with van der Waals surface area (Å²) in [6.07, 6.45) is 1.78. The van der Waals surface area contributed by atoms with E-state index in [1.165, 1.54) is 0 Å². The van der Waals surface area contributed by atoms with Crippen LogP contribution in [-0.2, 0) is 13.1 Å². The van der Waals surface area contributed by atoms with Gasteiger partial charge < -0.3 is 22.1 Å². The summed E-state index contributed by atoms with van der Waals surface area (Å²) in [5.74, 6) is 1.58. The van der Waals surface area contributed by atoms with E-state index in [0.717, 1.165) is 22.8 Å². The summed E-state index contributed by atoms with van der Waals surface area (Å²) < 4.78 is 5.82. The summed E-state index contributed by atoms with van der Waals surface area (Å²) in [4.78, 5) is 4.26. The van der Waals surface area contributed by atoms with Crippen LogP contribution in [0.3, 0.4) is 0 Å². The molecule has 0 fully saturated rings. The standard InChI is InChI=1S/C17H14Cl2N2O.ClH/c18-12-4-6-15(16(19)9-12)17-7-5-14(22-17)11-20-10-13-3-1-2-8-21-13;/h1-9,20H,10-11H2;1H/p-1. The maximum atomic E-state index is 6.19. The number of benzene rings is 1. The second kappa shape index (κ2) is 8.37. The summed E-state index contributed by atoms with van der Waals surface area (Å²) in [6, 6.07) is 15.1. The predicted octanol–water partition coefficient (Wildman–Crippen LogP) is 1.94. The van der Waals surface area contributed by atoms with E-state index < -0.39 is 0 Å². The molecule has 1 N–H and O–H groups in total. The second-order valence-electron chi connectivity index (χ2n) is 4.81. The first-order valence-electron chi connectivity index (χ1n) is 6.87. The first kappa shape index (κ1) is 17.8. The van der Waals surface area contributed by atoms with Gasteiger partial charge >= 0.3 is 0 Å². The van der Waals surface area contributed by atoms with E-state index in [0.29, 0.717) is 23.1 Å². The first-order chi connectivity index (χ1) is 10.7. The Morgan fingerprint density at radius 3 is 2.61 bits per heavy atom. The molecule has 3 aromatic rings. The molecule has 1 aromatic carbocycles. The molecule has 120 valence electrons. The van der Waals surface area contributed by atoms with E-state index in [2.05, 4.69) is 10.3 Å². The summed E-state index contributed by atoms with van der Waals surface area (Å²) in [5.41, 5.74) is 1.83. The van der Waals surface area contributed by atoms with Gasteiger partial charge in [-0.15, -0.1) is 0 Å². The lowest BCUT2D eigenvalue weighted by Crippen LogP contribution is -3.00. The number of pyridine rings is 1. The van der Waals surface area contributed by atoms with Gasteiger partial charge in [0, 0.05) is 23.3 Å². The van der Waals surface area contributed by atoms with Crippen molar-refractivity contribution in [2.75, 3.05) is 0 Å². The third kappa shape index (κ3) is 4.72. The van der Waals surface area contributed by atoms with Gasteiger partial charge in [-0.05, 0) is 42.5 Å². The summed E-state index contributed by atoms with van der Waals surface area (Å²) in [6.45, 7) is 1.32. The summed E-state index contributed by atoms with van der Waals surface area (Å²) >= 11 is 12.1. The van der Waals surface area contributed by atoms with Crippen LogP contribution in [0.15, 0.2) is 59.1 Å². The SMILES string of the molecule is Clc1ccc(-c2ccc(CNCc3ccccn3)o2)c(Cl)c1.[Cl-]. The maximum Gasteiger partial charge on any atom is 0.135 e. The Hall–Kier alpha value is -1.52. The molecule has 0 aliphatic carbocycles. The average molecular weight is 369 g/mol. The Labute approximate surface area is 151 Å². The van der Waals surface area contributed by atoms with Gasteiger partial charge in [-0.3, -0.25) is 4.98 Å². The van der Waals surface area contributed by atoms with Crippen LogP contribution in [0, 0.1) is 0 Å². The molecule has 3 rings (SSSR count). The fourth-order valence-corrected chi connectivity index (χ4v) is 2.63. The molecule has 0 bridgehead atoms. The second-order valence-corrected chi connectivity index (χ2v) is 5.66. The third-order valence-electron chi connectivity index (χ3n) is 3.19. The highest BCUT2D eigenvalue weighted by molar-refractivity contribution is 6.36. The minimum absolute atomic E-state index is 0. The monoisotopic (exact) mass is 367 g/mol. The van der Waals surface area contributed by atoms with Gasteiger partial charge in [0.15, 0.2) is 0 Å². The van der Waals surface area contributed by atoms with Gasteiger partial charge in [0.2, 0.25) is 0 Å². The van der Waals surface area contributed by atoms with E-state index in [-0.39, 0.29) is 12.4 Å². The lowest BCUT2D eigenvalue weighted by atomic mass is 10.2. The molecule has 23 heavy (non-hydrogen) atoms. The zero-order valence-electron chi connectivity index (χ0n) is 12.1. The number of aromatic nitrogens is 1. The summed E-state index contributed by atoms with van der Waals surface area (Å²) in [5, 5.41) is 4.48. The minimum Gasteiger partial charge on any atom is -1.00 e. The smallest absolute Gasteiger partial charge is 0.135 e. The molecule has 6 heteroatoms. The fourth-order valence-electron chi connectivity index (χ4n) is 2.12. The molecule has 0 atom stereocenters. The number of rotatable bonds is 5. The van der Waals surface area contributed by atoms with Crippen molar-refractivity contribution in [2.24, 2.45) is 0 Å². The highest BCUT2D eigenvalue weighted by Gasteiger charge is 2.09. The van der Waals surface area contributed by atoms with Crippen molar-refractivity contribution in [1.29, 1.82) is 0 Å². The third-order valence-corrected chi connectivity index (χ3v) is 3.74. The Kier molecular flexibility index (Phi) is 6.48. The van der Waals surface area contributed by atoms with E-state index in [1.807, 2.05) is 36.4 Å². The van der Waals surface area contributed by atoms with Crippen molar-refractivity contribution < 1.29 is 16.8 Å². The Morgan fingerprint density at radius 2 is 1.87 bits per heavy atom. The van der Waals surface area contributed by atoms with Gasteiger partial charge in [0.05, 0.1) is 17.3 Å². The van der Waals surface area contributed by atoms with E-state index >= 15 is 0 Å². The minimum atomic E-state index is 0. The Morgan fingerprint density at radius 1 is 1.00 bits per heavy atom. The zero-order valence-corrected chi connectivity index (χ0v) is 14.4.